The van der Waals surface area contributed by atoms with Gasteiger partial charge in [-0.25, -0.2) is 0 Å². The lowest BCUT2D eigenvalue weighted by molar-refractivity contribution is 0.538. The largest absolute Gasteiger partial charge is 0.103 e. The van der Waals surface area contributed by atoms with Gasteiger partial charge >= 0.3 is 0 Å². The first-order chi connectivity index (χ1) is 8.44. The molecule has 0 saturated heterocycles. The van der Waals surface area contributed by atoms with Crippen molar-refractivity contribution < 1.29 is 0 Å². The van der Waals surface area contributed by atoms with Crippen LogP contribution in [-0.2, 0) is 6.42 Å². The molecule has 1 aliphatic rings. The lowest BCUT2D eigenvalue weighted by Crippen LogP contribution is -2.29. The van der Waals surface area contributed by atoms with Gasteiger partial charge in [0.1, 0.15) is 0 Å². The molecule has 0 radical (unpaired) electrons. The minimum absolute atomic E-state index is 0.541. The molecule has 0 nitrogen and oxygen atoms in total. The van der Waals surface area contributed by atoms with E-state index in [9.17, 15) is 0 Å². The van der Waals surface area contributed by atoms with Gasteiger partial charge in [-0.15, -0.1) is 6.58 Å². The molecule has 98 valence electrons. The van der Waals surface area contributed by atoms with E-state index in [0.717, 1.165) is 0 Å². The summed E-state index contributed by atoms with van der Waals surface area (Å²) in [6.07, 6.45) is 6.68. The van der Waals surface area contributed by atoms with Crippen molar-refractivity contribution in [2.75, 3.05) is 0 Å². The van der Waals surface area contributed by atoms with E-state index in [1.807, 2.05) is 0 Å². The third kappa shape index (κ3) is 3.14. The summed E-state index contributed by atoms with van der Waals surface area (Å²) < 4.78 is 0. The van der Waals surface area contributed by atoms with Gasteiger partial charge in [-0.2, -0.15) is 0 Å². The molecule has 0 aliphatic heterocycles. The molecule has 0 unspecified atom stereocenters. The van der Waals surface area contributed by atoms with E-state index in [1.54, 1.807) is 5.20 Å². The average Bonchev–Trinajstić information content (AvgIpc) is 3.09. The van der Waals surface area contributed by atoms with Gasteiger partial charge in [-0.1, -0.05) is 55.2 Å². The molecular formula is C17H26Si. The maximum absolute atomic E-state index is 4.45. The Morgan fingerprint density at radius 2 is 1.78 bits per heavy atom. The van der Waals surface area contributed by atoms with Crippen molar-refractivity contribution in [3.8, 4) is 0 Å². The fourth-order valence-corrected chi connectivity index (χ4v) is 4.89. The Hall–Kier alpha value is -0.823. The Morgan fingerprint density at radius 3 is 2.28 bits per heavy atom. The van der Waals surface area contributed by atoms with Crippen molar-refractivity contribution in [2.24, 2.45) is 5.41 Å². The lowest BCUT2D eigenvalue weighted by Gasteiger charge is -2.28. The van der Waals surface area contributed by atoms with Crippen molar-refractivity contribution in [3.05, 3.63) is 47.7 Å². The molecule has 0 atom stereocenters. The molecule has 1 aromatic carbocycles. The quantitative estimate of drug-likeness (QED) is 0.613. The Kier molecular flexibility index (Phi) is 3.81. The first kappa shape index (κ1) is 13.6. The van der Waals surface area contributed by atoms with Gasteiger partial charge < -0.3 is 0 Å². The Balaban J connectivity index is 1.86. The van der Waals surface area contributed by atoms with Gasteiger partial charge in [-0.3, -0.25) is 0 Å². The SMILES string of the molecule is C=C(C1(CCCc2ccccc2)CC1)[Si](C)(C)C. The number of allylic oxidation sites excluding steroid dienone is 1. The predicted octanol–water partition coefficient (Wildman–Crippen LogP) is 5.22. The summed E-state index contributed by atoms with van der Waals surface area (Å²) in [6.45, 7) is 11.8. The van der Waals surface area contributed by atoms with Gasteiger partial charge in [0.05, 0.1) is 8.07 Å². The second-order valence-corrected chi connectivity index (χ2v) is 12.0. The summed E-state index contributed by atoms with van der Waals surface area (Å²) in [4.78, 5) is 0. The Morgan fingerprint density at radius 1 is 1.17 bits per heavy atom. The molecule has 0 heterocycles. The van der Waals surface area contributed by atoms with Crippen LogP contribution in [0.3, 0.4) is 0 Å². The maximum Gasteiger partial charge on any atom is 0.0723 e. The number of aryl methyl sites for hydroxylation is 1. The molecule has 0 N–H and O–H groups in total. The molecule has 0 spiro atoms. The monoisotopic (exact) mass is 258 g/mol. The van der Waals surface area contributed by atoms with Crippen LogP contribution in [0.4, 0.5) is 0 Å². The maximum atomic E-state index is 4.45. The van der Waals surface area contributed by atoms with Crippen LogP contribution < -0.4 is 0 Å². The first-order valence-electron chi connectivity index (χ1n) is 7.18. The zero-order valence-electron chi connectivity index (χ0n) is 12.1. The van der Waals surface area contributed by atoms with Gasteiger partial charge in [0, 0.05) is 0 Å². The molecule has 1 fully saturated rings. The van der Waals surface area contributed by atoms with E-state index < -0.39 is 8.07 Å². The normalized spacial score (nSPS) is 17.5. The van der Waals surface area contributed by atoms with Gasteiger partial charge in [-0.05, 0) is 43.1 Å². The summed E-state index contributed by atoms with van der Waals surface area (Å²) >= 11 is 0. The second-order valence-electron chi connectivity index (χ2n) is 6.85. The lowest BCUT2D eigenvalue weighted by atomic mass is 9.97. The molecule has 1 aromatic rings. The van der Waals surface area contributed by atoms with E-state index in [4.69, 9.17) is 0 Å². The number of rotatable bonds is 6. The van der Waals surface area contributed by atoms with Crippen LogP contribution in [0.5, 0.6) is 0 Å². The van der Waals surface area contributed by atoms with E-state index in [1.165, 1.54) is 37.7 Å². The molecular weight excluding hydrogens is 232 g/mol. The third-order valence-electron chi connectivity index (χ3n) is 4.36. The van der Waals surface area contributed by atoms with Crippen molar-refractivity contribution >= 4 is 8.07 Å². The Labute approximate surface area is 113 Å². The molecule has 1 aliphatic carbocycles. The molecule has 0 aromatic heterocycles. The molecule has 0 bridgehead atoms. The Bertz CT molecular complexity index is 407. The molecule has 1 heteroatoms. The topological polar surface area (TPSA) is 0 Å². The van der Waals surface area contributed by atoms with Crippen molar-refractivity contribution in [2.45, 2.75) is 51.7 Å². The van der Waals surface area contributed by atoms with Crippen molar-refractivity contribution in [1.29, 1.82) is 0 Å². The van der Waals surface area contributed by atoms with Gasteiger partial charge in [0.15, 0.2) is 0 Å². The predicted molar refractivity (Wildman–Crippen MR) is 83.5 cm³/mol. The van der Waals surface area contributed by atoms with Crippen LogP contribution >= 0.6 is 0 Å². The van der Waals surface area contributed by atoms with Crippen molar-refractivity contribution in [1.82, 2.24) is 0 Å². The average molecular weight is 258 g/mol. The number of hydrogen-bond donors (Lipinski definition) is 0. The van der Waals surface area contributed by atoms with Crippen LogP contribution in [-0.4, -0.2) is 8.07 Å². The molecule has 2 rings (SSSR count). The third-order valence-corrected chi connectivity index (χ3v) is 6.70. The number of benzene rings is 1. The minimum atomic E-state index is -1.16. The van der Waals surface area contributed by atoms with Crippen LogP contribution in [0.2, 0.25) is 19.6 Å². The van der Waals surface area contributed by atoms with Crippen LogP contribution in [0, 0.1) is 5.41 Å². The van der Waals surface area contributed by atoms with E-state index in [0.29, 0.717) is 5.41 Å². The van der Waals surface area contributed by atoms with Crippen molar-refractivity contribution in [3.63, 3.8) is 0 Å². The smallest absolute Gasteiger partial charge is 0.0723 e. The summed E-state index contributed by atoms with van der Waals surface area (Å²) in [5, 5.41) is 1.61. The fourth-order valence-electron chi connectivity index (χ4n) is 2.92. The standard InChI is InChI=1S/C17H26Si/c1-15(18(2,3)4)17(13-14-17)12-8-11-16-9-6-5-7-10-16/h5-7,9-10H,1,8,11-14H2,2-4H3. The molecule has 1 saturated carbocycles. The first-order valence-corrected chi connectivity index (χ1v) is 10.7. The zero-order chi connectivity index (χ0) is 13.2. The van der Waals surface area contributed by atoms with Crippen LogP contribution in [0.25, 0.3) is 0 Å². The second kappa shape index (κ2) is 5.04. The fraction of sp³-hybridized carbons (Fsp3) is 0.529. The van der Waals surface area contributed by atoms with E-state index >= 15 is 0 Å². The molecule has 18 heavy (non-hydrogen) atoms. The number of hydrogen-bond acceptors (Lipinski definition) is 0. The summed E-state index contributed by atoms with van der Waals surface area (Å²) in [6, 6.07) is 10.9. The summed E-state index contributed by atoms with van der Waals surface area (Å²) in [5.41, 5.74) is 2.02. The minimum Gasteiger partial charge on any atom is -0.103 e. The molecule has 0 amide bonds. The highest BCUT2D eigenvalue weighted by Crippen LogP contribution is 2.57. The summed E-state index contributed by atoms with van der Waals surface area (Å²) in [5.74, 6) is 0. The highest BCUT2D eigenvalue weighted by molar-refractivity contribution is 6.83. The highest BCUT2D eigenvalue weighted by Gasteiger charge is 2.47. The highest BCUT2D eigenvalue weighted by atomic mass is 28.3. The van der Waals surface area contributed by atoms with Crippen LogP contribution in [0.1, 0.15) is 31.2 Å². The van der Waals surface area contributed by atoms with Gasteiger partial charge in [0.2, 0.25) is 0 Å². The van der Waals surface area contributed by atoms with E-state index in [2.05, 4.69) is 56.6 Å². The van der Waals surface area contributed by atoms with E-state index in [-0.39, 0.29) is 0 Å². The zero-order valence-corrected chi connectivity index (χ0v) is 13.1. The van der Waals surface area contributed by atoms with Crippen LogP contribution in [0.15, 0.2) is 42.1 Å². The summed E-state index contributed by atoms with van der Waals surface area (Å²) in [7, 11) is -1.16. The van der Waals surface area contributed by atoms with Gasteiger partial charge in [0.25, 0.3) is 0 Å².